The first kappa shape index (κ1) is 11.1. The van der Waals surface area contributed by atoms with Crippen LogP contribution in [0.4, 0.5) is 13.2 Å². The Morgan fingerprint density at radius 2 is 2.14 bits per heavy atom. The van der Waals surface area contributed by atoms with Crippen LogP contribution in [-0.2, 0) is 11.0 Å². The van der Waals surface area contributed by atoms with Crippen molar-refractivity contribution in [2.24, 2.45) is 0 Å². The van der Waals surface area contributed by atoms with Gasteiger partial charge in [-0.25, -0.2) is 9.97 Å². The smallest absolute Gasteiger partial charge is 0.302 e. The average molecular weight is 269 g/mol. The topological polar surface area (TPSA) is 42.9 Å². The minimum Gasteiger partial charge on any atom is -0.302 e. The summed E-state index contributed by atoms with van der Waals surface area (Å²) < 4.78 is 36.3. The Morgan fingerprint density at radius 1 is 1.50 bits per heavy atom. The van der Waals surface area contributed by atoms with Crippen molar-refractivity contribution in [2.45, 2.75) is 11.0 Å². The summed E-state index contributed by atoms with van der Waals surface area (Å²) in [4.78, 5) is 15.7. The lowest BCUT2D eigenvalue weighted by Gasteiger charge is -2.06. The van der Waals surface area contributed by atoms with Crippen molar-refractivity contribution < 1.29 is 18.0 Å². The summed E-state index contributed by atoms with van der Waals surface area (Å²) in [6.07, 6.45) is -3.18. The minimum absolute atomic E-state index is 0.0117. The van der Waals surface area contributed by atoms with E-state index < -0.39 is 16.8 Å². The maximum atomic E-state index is 12.1. The summed E-state index contributed by atoms with van der Waals surface area (Å²) >= 11 is 2.86. The van der Waals surface area contributed by atoms with Crippen LogP contribution in [0.3, 0.4) is 0 Å². The van der Waals surface area contributed by atoms with E-state index in [1.54, 1.807) is 0 Å². The Labute approximate surface area is 85.5 Å². The largest absolute Gasteiger partial charge is 0.451 e. The van der Waals surface area contributed by atoms with Crippen LogP contribution < -0.4 is 0 Å². The van der Waals surface area contributed by atoms with Crippen LogP contribution in [0.15, 0.2) is 12.3 Å². The van der Waals surface area contributed by atoms with E-state index in [2.05, 4.69) is 25.9 Å². The van der Waals surface area contributed by atoms with Gasteiger partial charge in [-0.1, -0.05) is 15.9 Å². The second-order valence-electron chi connectivity index (χ2n) is 2.34. The van der Waals surface area contributed by atoms with Gasteiger partial charge in [0.25, 0.3) is 0 Å². The third-order valence-corrected chi connectivity index (χ3v) is 2.02. The lowest BCUT2D eigenvalue weighted by molar-refractivity contribution is -0.145. The number of hydrogen-bond donors (Lipinski definition) is 0. The molecule has 0 aliphatic heterocycles. The lowest BCUT2D eigenvalue weighted by Crippen LogP contribution is -2.12. The van der Waals surface area contributed by atoms with Gasteiger partial charge in [-0.15, -0.1) is 0 Å². The molecule has 76 valence electrons. The monoisotopic (exact) mass is 268 g/mol. The SMILES string of the molecule is O=CC(Br)c1ccnc(C(F)(F)F)n1. The highest BCUT2D eigenvalue weighted by Gasteiger charge is 2.34. The fraction of sp³-hybridized carbons (Fsp3) is 0.286. The Morgan fingerprint density at radius 3 is 2.64 bits per heavy atom. The molecule has 3 nitrogen and oxygen atoms in total. The number of aromatic nitrogens is 2. The van der Waals surface area contributed by atoms with E-state index in [0.29, 0.717) is 6.29 Å². The van der Waals surface area contributed by atoms with Crippen LogP contribution in [0, 0.1) is 0 Å². The standard InChI is InChI=1S/C7H4BrF3N2O/c8-4(3-14)5-1-2-12-6(13-5)7(9,10)11/h1-4H. The second kappa shape index (κ2) is 4.04. The van der Waals surface area contributed by atoms with Gasteiger partial charge >= 0.3 is 6.18 Å². The summed E-state index contributed by atoms with van der Waals surface area (Å²) in [5.74, 6) is -1.25. The van der Waals surface area contributed by atoms with Crippen molar-refractivity contribution in [3.8, 4) is 0 Å². The van der Waals surface area contributed by atoms with E-state index in [1.807, 2.05) is 0 Å². The van der Waals surface area contributed by atoms with E-state index in [4.69, 9.17) is 0 Å². The molecule has 1 atom stereocenters. The number of alkyl halides is 4. The Balaban J connectivity index is 3.07. The second-order valence-corrected chi connectivity index (χ2v) is 3.33. The molecule has 1 heterocycles. The maximum absolute atomic E-state index is 12.1. The molecular weight excluding hydrogens is 265 g/mol. The summed E-state index contributed by atoms with van der Waals surface area (Å²) in [6, 6.07) is 1.24. The van der Waals surface area contributed by atoms with E-state index in [0.717, 1.165) is 6.20 Å². The minimum atomic E-state index is -4.59. The number of hydrogen-bond acceptors (Lipinski definition) is 3. The van der Waals surface area contributed by atoms with Gasteiger partial charge in [0.1, 0.15) is 11.1 Å². The molecule has 0 N–H and O–H groups in total. The molecule has 7 heteroatoms. The zero-order valence-electron chi connectivity index (χ0n) is 6.62. The van der Waals surface area contributed by atoms with Gasteiger partial charge in [-0.2, -0.15) is 13.2 Å². The van der Waals surface area contributed by atoms with Crippen LogP contribution in [0.2, 0.25) is 0 Å². The normalized spacial score (nSPS) is 13.7. The zero-order chi connectivity index (χ0) is 10.8. The Bertz CT molecular complexity index is 342. The molecule has 1 rings (SSSR count). The van der Waals surface area contributed by atoms with Gasteiger partial charge < -0.3 is 4.79 Å². The zero-order valence-corrected chi connectivity index (χ0v) is 8.21. The third-order valence-electron chi connectivity index (χ3n) is 1.33. The fourth-order valence-electron chi connectivity index (χ4n) is 0.733. The Kier molecular flexibility index (Phi) is 3.20. The van der Waals surface area contributed by atoms with Gasteiger partial charge in [0, 0.05) is 6.20 Å². The van der Waals surface area contributed by atoms with Crippen LogP contribution in [-0.4, -0.2) is 16.3 Å². The van der Waals surface area contributed by atoms with Gasteiger partial charge in [0.05, 0.1) is 5.69 Å². The number of carbonyl (C=O) groups excluding carboxylic acids is 1. The molecule has 0 bridgehead atoms. The molecule has 0 fully saturated rings. The lowest BCUT2D eigenvalue weighted by atomic mass is 10.3. The maximum Gasteiger partial charge on any atom is 0.451 e. The van der Waals surface area contributed by atoms with Crippen molar-refractivity contribution in [1.82, 2.24) is 9.97 Å². The van der Waals surface area contributed by atoms with Crippen molar-refractivity contribution in [2.75, 3.05) is 0 Å². The van der Waals surface area contributed by atoms with Crippen molar-refractivity contribution in [1.29, 1.82) is 0 Å². The molecule has 0 aliphatic carbocycles. The summed E-state index contributed by atoms with van der Waals surface area (Å²) in [7, 11) is 0. The van der Waals surface area contributed by atoms with Crippen molar-refractivity contribution in [3.05, 3.63) is 23.8 Å². The van der Waals surface area contributed by atoms with Crippen molar-refractivity contribution >= 4 is 22.2 Å². The molecular formula is C7H4BrF3N2O. The van der Waals surface area contributed by atoms with Crippen LogP contribution >= 0.6 is 15.9 Å². The number of carbonyl (C=O) groups is 1. The van der Waals surface area contributed by atoms with E-state index in [-0.39, 0.29) is 5.69 Å². The fourth-order valence-corrected chi connectivity index (χ4v) is 0.988. The molecule has 0 aliphatic rings. The Hall–Kier alpha value is -0.980. The first-order valence-corrected chi connectivity index (χ1v) is 4.36. The molecule has 1 aromatic heterocycles. The number of halogens is 4. The average Bonchev–Trinajstić information content (AvgIpc) is 2.15. The highest BCUT2D eigenvalue weighted by Crippen LogP contribution is 2.27. The predicted octanol–water partition coefficient (Wildman–Crippen LogP) is 2.13. The molecule has 14 heavy (non-hydrogen) atoms. The van der Waals surface area contributed by atoms with E-state index >= 15 is 0 Å². The first-order valence-electron chi connectivity index (χ1n) is 3.44. The van der Waals surface area contributed by atoms with Gasteiger partial charge in [-0.05, 0) is 6.07 Å². The highest BCUT2D eigenvalue weighted by molar-refractivity contribution is 9.09. The van der Waals surface area contributed by atoms with E-state index in [9.17, 15) is 18.0 Å². The third kappa shape index (κ3) is 2.50. The van der Waals surface area contributed by atoms with Crippen molar-refractivity contribution in [3.63, 3.8) is 0 Å². The molecule has 0 aromatic carbocycles. The van der Waals surface area contributed by atoms with Crippen LogP contribution in [0.1, 0.15) is 16.3 Å². The number of aldehydes is 1. The molecule has 0 spiro atoms. The summed E-state index contributed by atoms with van der Waals surface area (Å²) in [6.45, 7) is 0. The van der Waals surface area contributed by atoms with Gasteiger partial charge in [0.2, 0.25) is 5.82 Å². The quantitative estimate of drug-likeness (QED) is 0.610. The molecule has 1 unspecified atom stereocenters. The molecule has 0 amide bonds. The van der Waals surface area contributed by atoms with Gasteiger partial charge in [-0.3, -0.25) is 0 Å². The summed E-state index contributed by atoms with van der Waals surface area (Å²) in [5, 5.41) is 0. The van der Waals surface area contributed by atoms with E-state index in [1.165, 1.54) is 6.07 Å². The van der Waals surface area contributed by atoms with Gasteiger partial charge in [0.15, 0.2) is 0 Å². The van der Waals surface area contributed by atoms with Crippen LogP contribution in [0.5, 0.6) is 0 Å². The molecule has 0 radical (unpaired) electrons. The highest BCUT2D eigenvalue weighted by atomic mass is 79.9. The van der Waals surface area contributed by atoms with Crippen LogP contribution in [0.25, 0.3) is 0 Å². The first-order chi connectivity index (χ1) is 6.45. The molecule has 1 aromatic rings. The number of rotatable bonds is 2. The summed E-state index contributed by atoms with van der Waals surface area (Å²) in [5.41, 5.74) is -0.0117. The molecule has 0 saturated heterocycles. The number of nitrogens with zero attached hydrogens (tertiary/aromatic N) is 2. The predicted molar refractivity (Wildman–Crippen MR) is 44.8 cm³/mol. The molecule has 0 saturated carbocycles.